The molecule has 5 heteroatoms. The van der Waals surface area contributed by atoms with E-state index in [4.69, 9.17) is 14.2 Å². The van der Waals surface area contributed by atoms with E-state index >= 15 is 0 Å². The lowest BCUT2D eigenvalue weighted by Gasteiger charge is -2.12. The molecule has 0 aliphatic heterocycles. The average Bonchev–Trinajstić information content (AvgIpc) is 2.78. The van der Waals surface area contributed by atoms with E-state index in [2.05, 4.69) is 6.07 Å². The predicted octanol–water partition coefficient (Wildman–Crippen LogP) is 4.99. The van der Waals surface area contributed by atoms with Gasteiger partial charge in [0.05, 0.1) is 25.9 Å². The number of benzene rings is 3. The summed E-state index contributed by atoms with van der Waals surface area (Å²) >= 11 is 0. The second-order valence-electron chi connectivity index (χ2n) is 6.04. The van der Waals surface area contributed by atoms with Gasteiger partial charge < -0.3 is 14.2 Å². The lowest BCUT2D eigenvalue weighted by molar-refractivity contribution is 0.0726. The molecular formula is C24H19NO4. The fraction of sp³-hybridized carbons (Fsp3) is 0.0833. The molecule has 3 rings (SSSR count). The van der Waals surface area contributed by atoms with Crippen molar-refractivity contribution in [1.29, 1.82) is 5.26 Å². The van der Waals surface area contributed by atoms with Crippen LogP contribution in [-0.2, 0) is 0 Å². The van der Waals surface area contributed by atoms with Crippen molar-refractivity contribution < 1.29 is 19.0 Å². The van der Waals surface area contributed by atoms with Gasteiger partial charge in [-0.05, 0) is 41.5 Å². The van der Waals surface area contributed by atoms with Crippen LogP contribution in [-0.4, -0.2) is 20.2 Å². The Balaban J connectivity index is 1.88. The molecule has 0 N–H and O–H groups in total. The maximum atomic E-state index is 12.5. The van der Waals surface area contributed by atoms with Crippen molar-refractivity contribution in [1.82, 2.24) is 0 Å². The minimum absolute atomic E-state index is 0.277. The Morgan fingerprint density at radius 3 is 2.24 bits per heavy atom. The van der Waals surface area contributed by atoms with E-state index in [1.807, 2.05) is 30.3 Å². The van der Waals surface area contributed by atoms with Crippen LogP contribution in [0.5, 0.6) is 17.2 Å². The van der Waals surface area contributed by atoms with Crippen molar-refractivity contribution in [3.63, 3.8) is 0 Å². The SMILES string of the molecule is COc1cc(/C=C(\C#N)c2ccccc2)ccc1OC(=O)c1ccccc1OC. The van der Waals surface area contributed by atoms with E-state index in [0.29, 0.717) is 22.6 Å². The highest BCUT2D eigenvalue weighted by molar-refractivity contribution is 5.94. The summed E-state index contributed by atoms with van der Waals surface area (Å²) in [4.78, 5) is 12.5. The number of nitriles is 1. The fourth-order valence-electron chi connectivity index (χ4n) is 2.79. The van der Waals surface area contributed by atoms with E-state index < -0.39 is 5.97 Å². The molecule has 0 spiro atoms. The normalized spacial score (nSPS) is 10.7. The first-order valence-corrected chi connectivity index (χ1v) is 8.86. The molecule has 0 saturated heterocycles. The molecule has 0 amide bonds. The first-order valence-electron chi connectivity index (χ1n) is 8.86. The second kappa shape index (κ2) is 9.25. The smallest absolute Gasteiger partial charge is 0.347 e. The summed E-state index contributed by atoms with van der Waals surface area (Å²) in [5.41, 5.74) is 2.41. The van der Waals surface area contributed by atoms with Crippen LogP contribution in [0.15, 0.2) is 72.8 Å². The number of nitrogens with zero attached hydrogens (tertiary/aromatic N) is 1. The Morgan fingerprint density at radius 1 is 0.862 bits per heavy atom. The number of allylic oxidation sites excluding steroid dienone is 1. The molecule has 0 aliphatic carbocycles. The number of para-hydroxylation sites is 1. The highest BCUT2D eigenvalue weighted by Gasteiger charge is 2.16. The summed E-state index contributed by atoms with van der Waals surface area (Å²) < 4.78 is 16.1. The van der Waals surface area contributed by atoms with Gasteiger partial charge in [0.1, 0.15) is 11.3 Å². The summed E-state index contributed by atoms with van der Waals surface area (Å²) in [6, 6.07) is 23.5. The predicted molar refractivity (Wildman–Crippen MR) is 111 cm³/mol. The van der Waals surface area contributed by atoms with Crippen molar-refractivity contribution >= 4 is 17.6 Å². The van der Waals surface area contributed by atoms with E-state index in [0.717, 1.165) is 11.1 Å². The number of hydrogen-bond acceptors (Lipinski definition) is 5. The molecular weight excluding hydrogens is 366 g/mol. The van der Waals surface area contributed by atoms with Crippen LogP contribution >= 0.6 is 0 Å². The maximum absolute atomic E-state index is 12.5. The second-order valence-corrected chi connectivity index (χ2v) is 6.04. The molecule has 0 fully saturated rings. The van der Waals surface area contributed by atoms with Crippen LogP contribution in [0, 0.1) is 11.3 Å². The van der Waals surface area contributed by atoms with Crippen LogP contribution < -0.4 is 14.2 Å². The first kappa shape index (κ1) is 19.7. The standard InChI is InChI=1S/C24H19NO4/c1-27-21-11-7-6-10-20(21)24(26)29-22-13-12-17(15-23(22)28-2)14-19(16-25)18-8-4-3-5-9-18/h3-15H,1-2H3/b19-14+. The van der Waals surface area contributed by atoms with Crippen molar-refractivity contribution in [2.75, 3.05) is 14.2 Å². The third-order valence-electron chi connectivity index (χ3n) is 4.23. The summed E-state index contributed by atoms with van der Waals surface area (Å²) in [5, 5.41) is 9.49. The molecule has 3 aromatic carbocycles. The first-order chi connectivity index (χ1) is 14.2. The number of esters is 1. The van der Waals surface area contributed by atoms with Crippen LogP contribution in [0.1, 0.15) is 21.5 Å². The largest absolute Gasteiger partial charge is 0.496 e. The molecule has 144 valence electrons. The topological polar surface area (TPSA) is 68.5 Å². The minimum Gasteiger partial charge on any atom is -0.496 e. The van der Waals surface area contributed by atoms with Gasteiger partial charge in [0, 0.05) is 0 Å². The van der Waals surface area contributed by atoms with Crippen LogP contribution in [0.25, 0.3) is 11.6 Å². The van der Waals surface area contributed by atoms with Crippen LogP contribution in [0.3, 0.4) is 0 Å². The lowest BCUT2D eigenvalue weighted by Crippen LogP contribution is -2.10. The quantitative estimate of drug-likeness (QED) is 0.259. The number of ether oxygens (including phenoxy) is 3. The van der Waals surface area contributed by atoms with Gasteiger partial charge >= 0.3 is 5.97 Å². The minimum atomic E-state index is -0.550. The monoisotopic (exact) mass is 385 g/mol. The average molecular weight is 385 g/mol. The van der Waals surface area contributed by atoms with E-state index in [1.165, 1.54) is 14.2 Å². The van der Waals surface area contributed by atoms with Crippen LogP contribution in [0.2, 0.25) is 0 Å². The Labute approximate surface area is 169 Å². The number of rotatable bonds is 6. The Bertz CT molecular complexity index is 1080. The third kappa shape index (κ3) is 4.63. The molecule has 0 aromatic heterocycles. The van der Waals surface area contributed by atoms with Crippen molar-refractivity contribution in [2.24, 2.45) is 0 Å². The van der Waals surface area contributed by atoms with Gasteiger partial charge in [-0.1, -0.05) is 48.5 Å². The van der Waals surface area contributed by atoms with Gasteiger partial charge in [0.2, 0.25) is 0 Å². The van der Waals surface area contributed by atoms with Crippen molar-refractivity contribution in [2.45, 2.75) is 0 Å². The summed E-state index contributed by atoms with van der Waals surface area (Å²) in [5.74, 6) is 0.537. The molecule has 5 nitrogen and oxygen atoms in total. The zero-order chi connectivity index (χ0) is 20.6. The summed E-state index contributed by atoms with van der Waals surface area (Å²) in [7, 11) is 2.99. The molecule has 0 radical (unpaired) electrons. The maximum Gasteiger partial charge on any atom is 0.347 e. The highest BCUT2D eigenvalue weighted by atomic mass is 16.6. The fourth-order valence-corrected chi connectivity index (χ4v) is 2.79. The van der Waals surface area contributed by atoms with Gasteiger partial charge in [0.15, 0.2) is 11.5 Å². The summed E-state index contributed by atoms with van der Waals surface area (Å²) in [6.07, 6.45) is 1.75. The van der Waals surface area contributed by atoms with Crippen molar-refractivity contribution in [3.05, 3.63) is 89.5 Å². The van der Waals surface area contributed by atoms with Gasteiger partial charge in [-0.15, -0.1) is 0 Å². The molecule has 0 bridgehead atoms. The summed E-state index contributed by atoms with van der Waals surface area (Å²) in [6.45, 7) is 0. The molecule has 3 aromatic rings. The Kier molecular flexibility index (Phi) is 6.29. The lowest BCUT2D eigenvalue weighted by atomic mass is 10.0. The Morgan fingerprint density at radius 2 is 1.55 bits per heavy atom. The van der Waals surface area contributed by atoms with Gasteiger partial charge in [-0.2, -0.15) is 5.26 Å². The van der Waals surface area contributed by atoms with Gasteiger partial charge in [-0.25, -0.2) is 4.79 Å². The zero-order valence-corrected chi connectivity index (χ0v) is 16.1. The molecule has 29 heavy (non-hydrogen) atoms. The van der Waals surface area contributed by atoms with E-state index in [9.17, 15) is 10.1 Å². The van der Waals surface area contributed by atoms with E-state index in [-0.39, 0.29) is 5.75 Å². The van der Waals surface area contributed by atoms with Crippen LogP contribution in [0.4, 0.5) is 0 Å². The number of hydrogen-bond donors (Lipinski definition) is 0. The number of carbonyl (C=O) groups excluding carboxylic acids is 1. The third-order valence-corrected chi connectivity index (χ3v) is 4.23. The molecule has 0 heterocycles. The Hall–Kier alpha value is -4.04. The van der Waals surface area contributed by atoms with Gasteiger partial charge in [-0.3, -0.25) is 0 Å². The molecule has 0 atom stereocenters. The molecule has 0 unspecified atom stereocenters. The zero-order valence-electron chi connectivity index (χ0n) is 16.1. The molecule has 0 aliphatic rings. The van der Waals surface area contributed by atoms with Crippen molar-refractivity contribution in [3.8, 4) is 23.3 Å². The van der Waals surface area contributed by atoms with Gasteiger partial charge in [0.25, 0.3) is 0 Å². The molecule has 0 saturated carbocycles. The number of carbonyl (C=O) groups is 1. The highest BCUT2D eigenvalue weighted by Crippen LogP contribution is 2.31. The van der Waals surface area contributed by atoms with E-state index in [1.54, 1.807) is 48.5 Å². The number of methoxy groups -OCH3 is 2.